The summed E-state index contributed by atoms with van der Waals surface area (Å²) in [5, 5.41) is 13.8. The van der Waals surface area contributed by atoms with Gasteiger partial charge in [0.05, 0.1) is 12.1 Å². The molecule has 0 unspecified atom stereocenters. The smallest absolute Gasteiger partial charge is 0.438 e. The number of benzene rings is 2. The summed E-state index contributed by atoms with van der Waals surface area (Å²) < 4.78 is 58.5. The maximum Gasteiger partial charge on any atom is 0.438 e. The molecule has 3 rings (SSSR count). The number of carbonyl (C=O) groups excluding carboxylic acids is 1. The van der Waals surface area contributed by atoms with Crippen molar-refractivity contribution in [2.24, 2.45) is 5.10 Å². The van der Waals surface area contributed by atoms with E-state index < -0.39 is 36.7 Å². The highest BCUT2D eigenvalue weighted by atomic mass is 19.4. The second-order valence-electron chi connectivity index (χ2n) is 5.85. The van der Waals surface area contributed by atoms with Gasteiger partial charge in [0.15, 0.2) is 6.61 Å². The monoisotopic (exact) mass is 382 g/mol. The molecule has 27 heavy (non-hydrogen) atoms. The van der Waals surface area contributed by atoms with Gasteiger partial charge in [0.25, 0.3) is 11.6 Å². The van der Waals surface area contributed by atoms with Crippen molar-refractivity contribution in [3.8, 4) is 5.75 Å². The first kappa shape index (κ1) is 18.8. The summed E-state index contributed by atoms with van der Waals surface area (Å²) in [6.45, 7) is -0.747. The first-order valence-electron chi connectivity index (χ1n) is 7.84. The number of hydrogen-bond donors (Lipinski definition) is 1. The minimum Gasteiger partial charge on any atom is -0.484 e. The number of rotatable bonds is 4. The Bertz CT molecular complexity index is 853. The van der Waals surface area contributed by atoms with Crippen molar-refractivity contribution >= 4 is 11.6 Å². The van der Waals surface area contributed by atoms with Crippen LogP contribution in [-0.2, 0) is 4.79 Å². The van der Waals surface area contributed by atoms with Gasteiger partial charge in [-0.25, -0.2) is 4.39 Å². The maximum absolute atomic E-state index is 13.5. The molecule has 1 heterocycles. The number of ether oxygens (including phenoxy) is 1. The Hall–Kier alpha value is -2.94. The molecule has 142 valence electrons. The van der Waals surface area contributed by atoms with Gasteiger partial charge in [-0.15, -0.1) is 0 Å². The van der Waals surface area contributed by atoms with E-state index in [0.717, 1.165) is 12.1 Å². The molecule has 9 heteroatoms. The molecule has 0 radical (unpaired) electrons. The molecule has 1 aliphatic heterocycles. The van der Waals surface area contributed by atoms with Crippen LogP contribution < -0.4 is 4.74 Å². The highest BCUT2D eigenvalue weighted by molar-refractivity contribution is 6.03. The summed E-state index contributed by atoms with van der Waals surface area (Å²) in [7, 11) is 0. The first-order chi connectivity index (χ1) is 12.7. The lowest BCUT2D eigenvalue weighted by Crippen LogP contribution is -2.57. The Morgan fingerprint density at radius 2 is 1.78 bits per heavy atom. The Labute approximate surface area is 151 Å². The van der Waals surface area contributed by atoms with Crippen molar-refractivity contribution in [2.45, 2.75) is 18.3 Å². The normalized spacial score (nSPS) is 19.7. The van der Waals surface area contributed by atoms with Crippen LogP contribution in [0.5, 0.6) is 5.75 Å². The highest BCUT2D eigenvalue weighted by Crippen LogP contribution is 2.41. The number of carbonyl (C=O) groups is 1. The van der Waals surface area contributed by atoms with Gasteiger partial charge in [-0.05, 0) is 29.8 Å². The average molecular weight is 382 g/mol. The predicted octanol–water partition coefficient (Wildman–Crippen LogP) is 3.09. The lowest BCUT2D eigenvalue weighted by Gasteiger charge is -2.32. The van der Waals surface area contributed by atoms with E-state index >= 15 is 0 Å². The summed E-state index contributed by atoms with van der Waals surface area (Å²) in [6.07, 6.45) is -6.13. The molecular weight excluding hydrogens is 368 g/mol. The summed E-state index contributed by atoms with van der Waals surface area (Å²) in [5.41, 5.74) is -3.53. The second kappa shape index (κ2) is 6.99. The van der Waals surface area contributed by atoms with Crippen LogP contribution in [-0.4, -0.2) is 40.2 Å². The third kappa shape index (κ3) is 3.77. The van der Waals surface area contributed by atoms with Crippen molar-refractivity contribution < 1.29 is 32.2 Å². The van der Waals surface area contributed by atoms with Gasteiger partial charge in [0, 0.05) is 0 Å². The Morgan fingerprint density at radius 1 is 1.15 bits per heavy atom. The summed E-state index contributed by atoms with van der Waals surface area (Å²) in [4.78, 5) is 12.3. The van der Waals surface area contributed by atoms with Crippen molar-refractivity contribution in [1.82, 2.24) is 5.01 Å². The molecule has 0 aromatic heterocycles. The maximum atomic E-state index is 13.5. The average Bonchev–Trinajstić information content (AvgIpc) is 3.00. The van der Waals surface area contributed by atoms with Crippen LogP contribution in [0.15, 0.2) is 59.7 Å². The number of halogens is 4. The predicted molar refractivity (Wildman–Crippen MR) is 87.3 cm³/mol. The topological polar surface area (TPSA) is 62.1 Å². The number of alkyl halides is 3. The number of hydrazone groups is 1. The van der Waals surface area contributed by atoms with Gasteiger partial charge in [-0.1, -0.05) is 30.3 Å². The summed E-state index contributed by atoms with van der Waals surface area (Å²) >= 11 is 0. The van der Waals surface area contributed by atoms with Crippen molar-refractivity contribution in [3.63, 3.8) is 0 Å². The van der Waals surface area contributed by atoms with Gasteiger partial charge in [-0.2, -0.15) is 23.3 Å². The van der Waals surface area contributed by atoms with E-state index in [9.17, 15) is 27.5 Å². The van der Waals surface area contributed by atoms with Gasteiger partial charge < -0.3 is 9.84 Å². The highest BCUT2D eigenvalue weighted by Gasteiger charge is 2.63. The van der Waals surface area contributed by atoms with Gasteiger partial charge >= 0.3 is 6.18 Å². The molecule has 0 saturated heterocycles. The fourth-order valence-corrected chi connectivity index (χ4v) is 2.55. The van der Waals surface area contributed by atoms with Gasteiger partial charge in [-0.3, -0.25) is 4.79 Å². The molecule has 1 N–H and O–H groups in total. The minimum absolute atomic E-state index is 0.0192. The summed E-state index contributed by atoms with van der Waals surface area (Å²) in [6, 6.07) is 12.6. The Kier molecular flexibility index (Phi) is 4.88. The molecular formula is C18H14F4N2O3. The van der Waals surface area contributed by atoms with Gasteiger partial charge in [0.1, 0.15) is 11.6 Å². The van der Waals surface area contributed by atoms with E-state index in [2.05, 4.69) is 5.10 Å². The SMILES string of the molecule is O=C(COc1ccccc1)N1N=C(c2ccc(F)cc2)C[C@]1(O)C(F)(F)F. The van der Waals surface area contributed by atoms with E-state index in [1.807, 2.05) is 0 Å². The summed E-state index contributed by atoms with van der Waals surface area (Å²) in [5.74, 6) is -1.47. The zero-order valence-corrected chi connectivity index (χ0v) is 13.8. The standard InChI is InChI=1S/C18H14F4N2O3/c19-13-8-6-12(7-9-13)15-10-17(26,18(20,21)22)24(23-15)16(25)11-27-14-4-2-1-3-5-14/h1-9,26H,10-11H2/t17-/m0/s1. The number of aliphatic hydroxyl groups is 1. The van der Waals surface area contributed by atoms with Crippen LogP contribution in [0.1, 0.15) is 12.0 Å². The molecule has 5 nitrogen and oxygen atoms in total. The molecule has 1 aliphatic rings. The minimum atomic E-state index is -5.15. The number of hydrogen-bond acceptors (Lipinski definition) is 4. The lowest BCUT2D eigenvalue weighted by molar-refractivity contribution is -0.302. The Morgan fingerprint density at radius 3 is 2.37 bits per heavy atom. The molecule has 0 aliphatic carbocycles. The zero-order chi connectivity index (χ0) is 19.7. The molecule has 0 saturated carbocycles. The molecule has 0 bridgehead atoms. The molecule has 2 aromatic carbocycles. The molecule has 1 amide bonds. The van der Waals surface area contributed by atoms with Gasteiger partial charge in [0.2, 0.25) is 0 Å². The van der Waals surface area contributed by atoms with Crippen LogP contribution in [0.25, 0.3) is 0 Å². The Balaban J connectivity index is 1.85. The van der Waals surface area contributed by atoms with E-state index in [4.69, 9.17) is 4.74 Å². The fraction of sp³-hybridized carbons (Fsp3) is 0.222. The molecule has 0 spiro atoms. The lowest BCUT2D eigenvalue weighted by atomic mass is 10.0. The van der Waals surface area contributed by atoms with Crippen LogP contribution in [0.4, 0.5) is 17.6 Å². The van der Waals surface area contributed by atoms with Crippen LogP contribution in [0.2, 0.25) is 0 Å². The molecule has 0 fully saturated rings. The van der Waals surface area contributed by atoms with Crippen LogP contribution in [0.3, 0.4) is 0 Å². The van der Waals surface area contributed by atoms with Crippen molar-refractivity contribution in [1.29, 1.82) is 0 Å². The van der Waals surface area contributed by atoms with Crippen LogP contribution >= 0.6 is 0 Å². The third-order valence-corrected chi connectivity index (χ3v) is 3.96. The fourth-order valence-electron chi connectivity index (χ4n) is 2.55. The third-order valence-electron chi connectivity index (χ3n) is 3.96. The zero-order valence-electron chi connectivity index (χ0n) is 13.8. The van der Waals surface area contributed by atoms with Crippen molar-refractivity contribution in [2.75, 3.05) is 6.61 Å². The van der Waals surface area contributed by atoms with E-state index in [1.165, 1.54) is 24.3 Å². The largest absolute Gasteiger partial charge is 0.484 e. The first-order valence-corrected chi connectivity index (χ1v) is 7.84. The van der Waals surface area contributed by atoms with E-state index in [1.54, 1.807) is 18.2 Å². The number of nitrogens with zero attached hydrogens (tertiary/aromatic N) is 2. The van der Waals surface area contributed by atoms with Crippen molar-refractivity contribution in [3.05, 3.63) is 66.0 Å². The molecule has 1 atom stereocenters. The van der Waals surface area contributed by atoms with E-state index in [0.29, 0.717) is 0 Å². The quantitative estimate of drug-likeness (QED) is 0.827. The molecule has 2 aromatic rings. The second-order valence-corrected chi connectivity index (χ2v) is 5.85. The van der Waals surface area contributed by atoms with E-state index in [-0.39, 0.29) is 22.0 Å². The van der Waals surface area contributed by atoms with Crippen LogP contribution in [0, 0.1) is 5.82 Å². The number of amides is 1. The number of para-hydroxylation sites is 1.